The van der Waals surface area contributed by atoms with Crippen molar-refractivity contribution in [3.05, 3.63) is 47.0 Å². The summed E-state index contributed by atoms with van der Waals surface area (Å²) in [6, 6.07) is 9.62. The Hall–Kier alpha value is -2.29. The summed E-state index contributed by atoms with van der Waals surface area (Å²) in [5.74, 6) is 1.18. The molecule has 0 atom stereocenters. The highest BCUT2D eigenvalue weighted by molar-refractivity contribution is 5.90. The Bertz CT molecular complexity index is 645. The summed E-state index contributed by atoms with van der Waals surface area (Å²) in [5, 5.41) is 0. The van der Waals surface area contributed by atoms with Gasteiger partial charge >= 0.3 is 0 Å². The fourth-order valence-corrected chi connectivity index (χ4v) is 2.27. The van der Waals surface area contributed by atoms with Gasteiger partial charge < -0.3 is 9.47 Å². The smallest absolute Gasteiger partial charge is 0.161 e. The predicted molar refractivity (Wildman–Crippen MR) is 79.8 cm³/mol. The van der Waals surface area contributed by atoms with E-state index in [0.29, 0.717) is 17.1 Å². The molecule has 3 nitrogen and oxygen atoms in total. The van der Waals surface area contributed by atoms with Crippen LogP contribution in [-0.4, -0.2) is 20.5 Å². The van der Waals surface area contributed by atoms with Gasteiger partial charge in [-0.05, 0) is 48.2 Å². The van der Waals surface area contributed by atoms with Crippen molar-refractivity contribution in [3.63, 3.8) is 0 Å². The molecule has 0 bridgehead atoms. The molecule has 0 heterocycles. The molecule has 0 fully saturated rings. The van der Waals surface area contributed by atoms with Gasteiger partial charge in [0.1, 0.15) is 0 Å². The summed E-state index contributed by atoms with van der Waals surface area (Å²) < 4.78 is 10.6. The summed E-state index contributed by atoms with van der Waals surface area (Å²) >= 11 is 0. The van der Waals surface area contributed by atoms with Gasteiger partial charge in [0.15, 0.2) is 17.8 Å². The molecule has 0 saturated carbocycles. The number of aldehydes is 1. The maximum Gasteiger partial charge on any atom is 0.161 e. The molecule has 0 radical (unpaired) electrons. The highest BCUT2D eigenvalue weighted by atomic mass is 16.5. The molecule has 2 rings (SSSR count). The van der Waals surface area contributed by atoms with Gasteiger partial charge in [-0.1, -0.05) is 18.2 Å². The highest BCUT2D eigenvalue weighted by Crippen LogP contribution is 2.36. The number of carbonyl (C=O) groups excluding carboxylic acids is 1. The maximum atomic E-state index is 11.4. The van der Waals surface area contributed by atoms with Gasteiger partial charge in [-0.25, -0.2) is 0 Å². The topological polar surface area (TPSA) is 35.5 Å². The molecule has 0 aliphatic rings. The van der Waals surface area contributed by atoms with Crippen molar-refractivity contribution >= 4 is 6.29 Å². The molecule has 104 valence electrons. The Labute approximate surface area is 119 Å². The summed E-state index contributed by atoms with van der Waals surface area (Å²) in [7, 11) is 3.15. The third kappa shape index (κ3) is 2.39. The molecule has 0 aromatic heterocycles. The van der Waals surface area contributed by atoms with Crippen LogP contribution in [0.25, 0.3) is 11.1 Å². The van der Waals surface area contributed by atoms with Crippen molar-refractivity contribution < 1.29 is 14.3 Å². The summed E-state index contributed by atoms with van der Waals surface area (Å²) in [6.45, 7) is 4.11. The number of benzene rings is 2. The van der Waals surface area contributed by atoms with Gasteiger partial charge in [0.05, 0.1) is 14.2 Å². The minimum atomic E-state index is 0.559. The first-order valence-electron chi connectivity index (χ1n) is 6.40. The minimum Gasteiger partial charge on any atom is -0.493 e. The lowest BCUT2D eigenvalue weighted by Crippen LogP contribution is -1.97. The van der Waals surface area contributed by atoms with E-state index < -0.39 is 0 Å². The first kappa shape index (κ1) is 14.1. The fourth-order valence-electron chi connectivity index (χ4n) is 2.27. The van der Waals surface area contributed by atoms with Crippen molar-refractivity contribution in [3.8, 4) is 22.6 Å². The predicted octanol–water partition coefficient (Wildman–Crippen LogP) is 3.80. The van der Waals surface area contributed by atoms with E-state index >= 15 is 0 Å². The van der Waals surface area contributed by atoms with Crippen LogP contribution >= 0.6 is 0 Å². The van der Waals surface area contributed by atoms with Crippen LogP contribution in [0.5, 0.6) is 11.5 Å². The standard InChI is InChI=1S/C17H18O3/c1-11-6-5-7-14(12(11)2)15-9-17(20-4)16(19-3)8-13(15)10-18/h5-10H,1-4H3. The SMILES string of the molecule is COc1cc(C=O)c(-c2cccc(C)c2C)cc1OC. The largest absolute Gasteiger partial charge is 0.493 e. The van der Waals surface area contributed by atoms with E-state index in [4.69, 9.17) is 9.47 Å². The maximum absolute atomic E-state index is 11.4. The van der Waals surface area contributed by atoms with Crippen molar-refractivity contribution in [2.45, 2.75) is 13.8 Å². The average Bonchev–Trinajstić information content (AvgIpc) is 2.48. The fraction of sp³-hybridized carbons (Fsp3) is 0.235. The van der Waals surface area contributed by atoms with E-state index in [2.05, 4.69) is 19.9 Å². The molecule has 0 aliphatic carbocycles. The van der Waals surface area contributed by atoms with Crippen LogP contribution < -0.4 is 9.47 Å². The van der Waals surface area contributed by atoms with Crippen LogP contribution in [-0.2, 0) is 0 Å². The van der Waals surface area contributed by atoms with Gasteiger partial charge in [-0.2, -0.15) is 0 Å². The Balaban J connectivity index is 2.72. The van der Waals surface area contributed by atoms with Crippen molar-refractivity contribution in [1.82, 2.24) is 0 Å². The van der Waals surface area contributed by atoms with Crippen LogP contribution in [0.3, 0.4) is 0 Å². The van der Waals surface area contributed by atoms with Gasteiger partial charge in [-0.15, -0.1) is 0 Å². The van der Waals surface area contributed by atoms with Gasteiger partial charge in [0, 0.05) is 5.56 Å². The number of hydrogen-bond acceptors (Lipinski definition) is 3. The van der Waals surface area contributed by atoms with E-state index in [1.54, 1.807) is 20.3 Å². The van der Waals surface area contributed by atoms with Crippen molar-refractivity contribution in [2.75, 3.05) is 14.2 Å². The van der Waals surface area contributed by atoms with Crippen molar-refractivity contribution in [2.24, 2.45) is 0 Å². The van der Waals surface area contributed by atoms with Crippen LogP contribution in [0, 0.1) is 13.8 Å². The lowest BCUT2D eigenvalue weighted by Gasteiger charge is -2.14. The second-order valence-corrected chi connectivity index (χ2v) is 4.66. The number of carbonyl (C=O) groups is 1. The molecule has 20 heavy (non-hydrogen) atoms. The molecular weight excluding hydrogens is 252 g/mol. The van der Waals surface area contributed by atoms with E-state index in [1.807, 2.05) is 18.2 Å². The molecule has 0 amide bonds. The molecular formula is C17H18O3. The first-order valence-corrected chi connectivity index (χ1v) is 6.40. The number of methoxy groups -OCH3 is 2. The Morgan fingerprint density at radius 1 is 0.950 bits per heavy atom. The Morgan fingerprint density at radius 3 is 2.20 bits per heavy atom. The van der Waals surface area contributed by atoms with Crippen LogP contribution in [0.2, 0.25) is 0 Å². The van der Waals surface area contributed by atoms with Crippen LogP contribution in [0.4, 0.5) is 0 Å². The Kier molecular flexibility index (Phi) is 4.08. The summed E-state index contributed by atoms with van der Waals surface area (Å²) in [4.78, 5) is 11.4. The normalized spacial score (nSPS) is 10.2. The van der Waals surface area contributed by atoms with Gasteiger partial charge in [-0.3, -0.25) is 4.79 Å². The third-order valence-corrected chi connectivity index (χ3v) is 3.58. The minimum absolute atomic E-state index is 0.559. The van der Waals surface area contributed by atoms with E-state index in [9.17, 15) is 4.79 Å². The molecule has 0 N–H and O–H groups in total. The molecule has 0 unspecified atom stereocenters. The monoisotopic (exact) mass is 270 g/mol. The van der Waals surface area contributed by atoms with Crippen LogP contribution in [0.15, 0.2) is 30.3 Å². The zero-order valence-corrected chi connectivity index (χ0v) is 12.2. The molecule has 2 aromatic carbocycles. The molecule has 0 saturated heterocycles. The second-order valence-electron chi connectivity index (χ2n) is 4.66. The number of rotatable bonds is 4. The zero-order chi connectivity index (χ0) is 14.7. The summed E-state index contributed by atoms with van der Waals surface area (Å²) in [5.41, 5.74) is 4.83. The quantitative estimate of drug-likeness (QED) is 0.793. The van der Waals surface area contributed by atoms with E-state index in [0.717, 1.165) is 23.0 Å². The molecule has 0 aliphatic heterocycles. The number of aryl methyl sites for hydroxylation is 1. The lowest BCUT2D eigenvalue weighted by molar-refractivity contribution is 0.112. The second kappa shape index (κ2) is 5.78. The number of ether oxygens (including phenoxy) is 2. The van der Waals surface area contributed by atoms with Gasteiger partial charge in [0.25, 0.3) is 0 Å². The molecule has 3 heteroatoms. The summed E-state index contributed by atoms with van der Waals surface area (Å²) in [6.07, 6.45) is 0.846. The van der Waals surface area contributed by atoms with E-state index in [-0.39, 0.29) is 0 Å². The molecule has 2 aromatic rings. The highest BCUT2D eigenvalue weighted by Gasteiger charge is 2.14. The van der Waals surface area contributed by atoms with Gasteiger partial charge in [0.2, 0.25) is 0 Å². The third-order valence-electron chi connectivity index (χ3n) is 3.58. The first-order chi connectivity index (χ1) is 9.62. The lowest BCUT2D eigenvalue weighted by atomic mass is 9.93. The Morgan fingerprint density at radius 2 is 1.60 bits per heavy atom. The van der Waals surface area contributed by atoms with Crippen molar-refractivity contribution in [1.29, 1.82) is 0 Å². The zero-order valence-electron chi connectivity index (χ0n) is 12.2. The number of hydrogen-bond donors (Lipinski definition) is 0. The van der Waals surface area contributed by atoms with Crippen LogP contribution in [0.1, 0.15) is 21.5 Å². The molecule has 0 spiro atoms. The average molecular weight is 270 g/mol. The van der Waals surface area contributed by atoms with E-state index in [1.165, 1.54) is 5.56 Å².